The Kier molecular flexibility index (Phi) is 6.02. The lowest BCUT2D eigenvalue weighted by atomic mass is 9.86. The molecular weight excluding hydrogens is 292 g/mol. The first-order chi connectivity index (χ1) is 11.0. The maximum Gasteiger partial charge on any atom is 0.309 e. The Bertz CT molecular complexity index is 536. The van der Waals surface area contributed by atoms with E-state index in [-0.39, 0.29) is 24.4 Å². The van der Waals surface area contributed by atoms with Gasteiger partial charge in [-0.2, -0.15) is 0 Å². The molecule has 0 saturated heterocycles. The molecule has 126 valence electrons. The van der Waals surface area contributed by atoms with Crippen molar-refractivity contribution in [2.75, 3.05) is 23.4 Å². The van der Waals surface area contributed by atoms with Crippen molar-refractivity contribution in [1.29, 1.82) is 0 Å². The molecule has 1 aromatic rings. The predicted molar refractivity (Wildman–Crippen MR) is 91.5 cm³/mol. The Hall–Kier alpha value is -2.04. The quantitative estimate of drug-likeness (QED) is 0.784. The molecule has 0 aliphatic heterocycles. The largest absolute Gasteiger partial charge is 0.455 e. The fourth-order valence-electron chi connectivity index (χ4n) is 2.68. The normalized spacial score (nSPS) is 14.3. The number of rotatable bonds is 7. The topological polar surface area (TPSA) is 58.6 Å². The molecule has 1 fully saturated rings. The summed E-state index contributed by atoms with van der Waals surface area (Å²) in [6, 6.07) is 8.13. The Morgan fingerprint density at radius 1 is 1.26 bits per heavy atom. The molecule has 5 nitrogen and oxygen atoms in total. The predicted octanol–water partition coefficient (Wildman–Crippen LogP) is 3.20. The third-order valence-corrected chi connectivity index (χ3v) is 4.23. The number of hydrogen-bond acceptors (Lipinski definition) is 4. The first-order valence-corrected chi connectivity index (χ1v) is 8.34. The molecule has 1 N–H and O–H groups in total. The van der Waals surface area contributed by atoms with Crippen LogP contribution >= 0.6 is 0 Å². The van der Waals surface area contributed by atoms with Gasteiger partial charge < -0.3 is 15.0 Å². The van der Waals surface area contributed by atoms with Gasteiger partial charge >= 0.3 is 5.97 Å². The van der Waals surface area contributed by atoms with Crippen molar-refractivity contribution < 1.29 is 14.3 Å². The van der Waals surface area contributed by atoms with Gasteiger partial charge in [-0.25, -0.2) is 0 Å². The molecule has 1 amide bonds. The highest BCUT2D eigenvalue weighted by atomic mass is 16.5. The molecule has 23 heavy (non-hydrogen) atoms. The summed E-state index contributed by atoms with van der Waals surface area (Å²) in [5.41, 5.74) is 1.83. The molecule has 0 radical (unpaired) electrons. The molecule has 0 aromatic heterocycles. The van der Waals surface area contributed by atoms with Crippen molar-refractivity contribution in [2.45, 2.75) is 46.1 Å². The second-order valence-electron chi connectivity index (χ2n) is 6.21. The molecule has 0 heterocycles. The van der Waals surface area contributed by atoms with E-state index in [4.69, 9.17) is 4.74 Å². The maximum absolute atomic E-state index is 11.8. The van der Waals surface area contributed by atoms with E-state index >= 15 is 0 Å². The minimum Gasteiger partial charge on any atom is -0.455 e. The minimum atomic E-state index is -0.304. The number of hydrogen-bond donors (Lipinski definition) is 1. The highest BCUT2D eigenvalue weighted by Crippen LogP contribution is 2.27. The van der Waals surface area contributed by atoms with Gasteiger partial charge in [0, 0.05) is 24.0 Å². The highest BCUT2D eigenvalue weighted by Gasteiger charge is 2.27. The number of carbonyl (C=O) groups excluding carboxylic acids is 2. The Balaban J connectivity index is 1.82. The van der Waals surface area contributed by atoms with Gasteiger partial charge in [0.2, 0.25) is 0 Å². The van der Waals surface area contributed by atoms with Gasteiger partial charge in [0.05, 0.1) is 5.92 Å². The Morgan fingerprint density at radius 3 is 2.39 bits per heavy atom. The summed E-state index contributed by atoms with van der Waals surface area (Å²) in [5, 5.41) is 2.75. The fraction of sp³-hybridized carbons (Fsp3) is 0.556. The molecule has 2 rings (SSSR count). The molecular formula is C18H26N2O3. The molecule has 0 unspecified atom stereocenters. The average Bonchev–Trinajstić information content (AvgIpc) is 2.45. The summed E-state index contributed by atoms with van der Waals surface area (Å²) < 4.78 is 5.03. The first kappa shape index (κ1) is 17.3. The third-order valence-electron chi connectivity index (χ3n) is 4.23. The summed E-state index contributed by atoms with van der Waals surface area (Å²) in [5.74, 6) is -0.558. The van der Waals surface area contributed by atoms with Crippen molar-refractivity contribution in [3.05, 3.63) is 24.3 Å². The third kappa shape index (κ3) is 4.71. The van der Waals surface area contributed by atoms with Crippen molar-refractivity contribution >= 4 is 23.3 Å². The van der Waals surface area contributed by atoms with Gasteiger partial charge in [-0.05, 0) is 57.9 Å². The SMILES string of the molecule is CCN(c1ccc(NC(=O)COC(=O)C2CCC2)cc1)C(C)C. The Morgan fingerprint density at radius 2 is 1.91 bits per heavy atom. The van der Waals surface area contributed by atoms with E-state index in [9.17, 15) is 9.59 Å². The van der Waals surface area contributed by atoms with Crippen LogP contribution in [0.25, 0.3) is 0 Å². The number of anilines is 2. The van der Waals surface area contributed by atoms with E-state index in [1.807, 2.05) is 24.3 Å². The number of benzene rings is 1. The molecule has 0 atom stereocenters. The van der Waals surface area contributed by atoms with Crippen LogP contribution in [0.5, 0.6) is 0 Å². The summed E-state index contributed by atoms with van der Waals surface area (Å²) >= 11 is 0. The van der Waals surface area contributed by atoms with Crippen LogP contribution < -0.4 is 10.2 Å². The summed E-state index contributed by atoms with van der Waals surface area (Å²) in [6.07, 6.45) is 2.83. The lowest BCUT2D eigenvalue weighted by molar-refractivity contribution is -0.154. The highest BCUT2D eigenvalue weighted by molar-refractivity contribution is 5.93. The van der Waals surface area contributed by atoms with Gasteiger partial charge in [0.25, 0.3) is 5.91 Å². The summed E-state index contributed by atoms with van der Waals surface area (Å²) in [6.45, 7) is 7.13. The van der Waals surface area contributed by atoms with E-state index in [0.29, 0.717) is 11.7 Å². The van der Waals surface area contributed by atoms with Crippen LogP contribution in [0, 0.1) is 5.92 Å². The van der Waals surface area contributed by atoms with E-state index in [0.717, 1.165) is 31.5 Å². The van der Waals surface area contributed by atoms with Crippen molar-refractivity contribution in [1.82, 2.24) is 0 Å². The van der Waals surface area contributed by atoms with Crippen LogP contribution in [-0.2, 0) is 14.3 Å². The number of ether oxygens (including phenoxy) is 1. The smallest absolute Gasteiger partial charge is 0.309 e. The van der Waals surface area contributed by atoms with Crippen LogP contribution in [0.4, 0.5) is 11.4 Å². The van der Waals surface area contributed by atoms with E-state index in [1.54, 1.807) is 0 Å². The zero-order chi connectivity index (χ0) is 16.8. The van der Waals surface area contributed by atoms with Gasteiger partial charge in [0.1, 0.15) is 0 Å². The van der Waals surface area contributed by atoms with Crippen molar-refractivity contribution in [3.63, 3.8) is 0 Å². The first-order valence-electron chi connectivity index (χ1n) is 8.34. The van der Waals surface area contributed by atoms with Gasteiger partial charge in [-0.15, -0.1) is 0 Å². The van der Waals surface area contributed by atoms with E-state index in [2.05, 4.69) is 31.0 Å². The molecule has 0 bridgehead atoms. The minimum absolute atomic E-state index is 0.00172. The number of carbonyl (C=O) groups is 2. The maximum atomic E-state index is 11.8. The van der Waals surface area contributed by atoms with Gasteiger partial charge in [0.15, 0.2) is 6.61 Å². The molecule has 1 aliphatic carbocycles. The lowest BCUT2D eigenvalue weighted by Crippen LogP contribution is -2.30. The van der Waals surface area contributed by atoms with Crippen LogP contribution in [0.1, 0.15) is 40.0 Å². The molecule has 5 heteroatoms. The summed E-state index contributed by atoms with van der Waals surface area (Å²) in [7, 11) is 0. The van der Waals surface area contributed by atoms with E-state index < -0.39 is 0 Å². The molecule has 0 spiro atoms. The lowest BCUT2D eigenvalue weighted by Gasteiger charge is -2.27. The van der Waals surface area contributed by atoms with Gasteiger partial charge in [-0.1, -0.05) is 6.42 Å². The molecule has 1 saturated carbocycles. The molecule has 1 aliphatic rings. The standard InChI is InChI=1S/C18H26N2O3/c1-4-20(13(2)3)16-10-8-15(9-11-16)19-17(21)12-23-18(22)14-6-5-7-14/h8-11,13-14H,4-7,12H2,1-3H3,(H,19,21). The average molecular weight is 318 g/mol. The second kappa shape index (κ2) is 7.99. The van der Waals surface area contributed by atoms with Crippen LogP contribution in [0.2, 0.25) is 0 Å². The Labute approximate surface area is 138 Å². The van der Waals surface area contributed by atoms with Gasteiger partial charge in [-0.3, -0.25) is 9.59 Å². The number of amides is 1. The molecule has 1 aromatic carbocycles. The van der Waals surface area contributed by atoms with E-state index in [1.165, 1.54) is 0 Å². The van der Waals surface area contributed by atoms with Crippen LogP contribution in [-0.4, -0.2) is 31.1 Å². The monoisotopic (exact) mass is 318 g/mol. The number of nitrogens with one attached hydrogen (secondary N) is 1. The van der Waals surface area contributed by atoms with Crippen LogP contribution in [0.3, 0.4) is 0 Å². The number of nitrogens with zero attached hydrogens (tertiary/aromatic N) is 1. The zero-order valence-electron chi connectivity index (χ0n) is 14.2. The summed E-state index contributed by atoms with van der Waals surface area (Å²) in [4.78, 5) is 25.7. The van der Waals surface area contributed by atoms with Crippen molar-refractivity contribution in [3.8, 4) is 0 Å². The second-order valence-corrected chi connectivity index (χ2v) is 6.21. The number of esters is 1. The zero-order valence-corrected chi connectivity index (χ0v) is 14.2. The van der Waals surface area contributed by atoms with Crippen LogP contribution in [0.15, 0.2) is 24.3 Å². The van der Waals surface area contributed by atoms with Crippen molar-refractivity contribution in [2.24, 2.45) is 5.92 Å². The fourth-order valence-corrected chi connectivity index (χ4v) is 2.68.